The van der Waals surface area contributed by atoms with Gasteiger partial charge >= 0.3 is 0 Å². The van der Waals surface area contributed by atoms with Crippen LogP contribution >= 0.6 is 0 Å². The summed E-state index contributed by atoms with van der Waals surface area (Å²) in [7, 11) is 0. The predicted molar refractivity (Wildman–Crippen MR) is 68.3 cm³/mol. The van der Waals surface area contributed by atoms with Gasteiger partial charge < -0.3 is 5.11 Å². The quantitative estimate of drug-likeness (QED) is 0.759. The zero-order valence-corrected chi connectivity index (χ0v) is 10.0. The van der Waals surface area contributed by atoms with Gasteiger partial charge in [0.05, 0.1) is 18.5 Å². The third kappa shape index (κ3) is 2.34. The summed E-state index contributed by atoms with van der Waals surface area (Å²) in [6.45, 7) is -0.142. The Morgan fingerprint density at radius 2 is 1.95 bits per heavy atom. The zero-order chi connectivity index (χ0) is 13.1. The number of hydrogen-bond acceptors (Lipinski definition) is 5. The monoisotopic (exact) mass is 253 g/mol. The van der Waals surface area contributed by atoms with Crippen LogP contribution < -0.4 is 0 Å². The maximum atomic E-state index is 8.98. The molecule has 3 rings (SSSR count). The summed E-state index contributed by atoms with van der Waals surface area (Å²) >= 11 is 0. The first kappa shape index (κ1) is 11.5. The molecule has 0 unspecified atom stereocenters. The molecular weight excluding hydrogens is 242 g/mol. The molecule has 0 aliphatic carbocycles. The SMILES string of the molecule is OCc1cn(-c2cc(-c3ccccc3)ncn2)nn1. The second-order valence-corrected chi connectivity index (χ2v) is 3.94. The third-order valence-corrected chi connectivity index (χ3v) is 2.66. The fourth-order valence-electron chi connectivity index (χ4n) is 1.72. The fourth-order valence-corrected chi connectivity index (χ4v) is 1.72. The van der Waals surface area contributed by atoms with Gasteiger partial charge in [-0.25, -0.2) is 14.6 Å². The van der Waals surface area contributed by atoms with Crippen LogP contribution in [0.3, 0.4) is 0 Å². The van der Waals surface area contributed by atoms with E-state index in [-0.39, 0.29) is 6.61 Å². The molecule has 2 heterocycles. The molecule has 0 bridgehead atoms. The van der Waals surface area contributed by atoms with Gasteiger partial charge in [0.15, 0.2) is 5.82 Å². The van der Waals surface area contributed by atoms with Crippen LogP contribution in [0.5, 0.6) is 0 Å². The molecule has 0 radical (unpaired) electrons. The lowest BCUT2D eigenvalue weighted by Crippen LogP contribution is -1.99. The van der Waals surface area contributed by atoms with Gasteiger partial charge in [0.25, 0.3) is 0 Å². The van der Waals surface area contributed by atoms with E-state index in [2.05, 4.69) is 20.3 Å². The molecule has 2 aromatic heterocycles. The summed E-state index contributed by atoms with van der Waals surface area (Å²) in [5.41, 5.74) is 2.32. The van der Waals surface area contributed by atoms with E-state index >= 15 is 0 Å². The summed E-state index contributed by atoms with van der Waals surface area (Å²) in [5, 5.41) is 16.7. The summed E-state index contributed by atoms with van der Waals surface area (Å²) in [6.07, 6.45) is 3.12. The van der Waals surface area contributed by atoms with E-state index in [0.717, 1.165) is 11.3 Å². The van der Waals surface area contributed by atoms with Crippen LogP contribution in [0.1, 0.15) is 5.69 Å². The number of aromatic nitrogens is 5. The highest BCUT2D eigenvalue weighted by Gasteiger charge is 2.05. The molecule has 0 aliphatic heterocycles. The molecule has 0 saturated carbocycles. The maximum Gasteiger partial charge on any atom is 0.159 e. The Bertz CT molecular complexity index is 680. The molecule has 6 nitrogen and oxygen atoms in total. The summed E-state index contributed by atoms with van der Waals surface area (Å²) in [4.78, 5) is 8.39. The fraction of sp³-hybridized carbons (Fsp3) is 0.0769. The molecule has 1 aromatic carbocycles. The van der Waals surface area contributed by atoms with Gasteiger partial charge in [0.2, 0.25) is 0 Å². The number of aliphatic hydroxyl groups is 1. The van der Waals surface area contributed by atoms with E-state index in [1.807, 2.05) is 36.4 Å². The van der Waals surface area contributed by atoms with Crippen molar-refractivity contribution < 1.29 is 5.11 Å². The molecule has 1 N–H and O–H groups in total. The standard InChI is InChI=1S/C13H11N5O/c19-8-11-7-18(17-16-11)13-6-12(14-9-15-13)10-4-2-1-3-5-10/h1-7,9,19H,8H2. The molecule has 94 valence electrons. The Labute approximate surface area is 109 Å². The number of aliphatic hydroxyl groups excluding tert-OH is 1. The first-order chi connectivity index (χ1) is 9.36. The molecule has 0 spiro atoms. The number of rotatable bonds is 3. The van der Waals surface area contributed by atoms with Crippen LogP contribution in [0.4, 0.5) is 0 Å². The molecule has 3 aromatic rings. The first-order valence-corrected chi connectivity index (χ1v) is 5.77. The summed E-state index contributed by atoms with van der Waals surface area (Å²) < 4.78 is 1.51. The summed E-state index contributed by atoms with van der Waals surface area (Å²) in [6, 6.07) is 11.6. The van der Waals surface area contributed by atoms with Gasteiger partial charge in [-0.15, -0.1) is 5.10 Å². The van der Waals surface area contributed by atoms with Crippen LogP contribution in [0.25, 0.3) is 17.1 Å². The lowest BCUT2D eigenvalue weighted by Gasteiger charge is -2.02. The number of benzene rings is 1. The van der Waals surface area contributed by atoms with E-state index in [9.17, 15) is 0 Å². The lowest BCUT2D eigenvalue weighted by molar-refractivity contribution is 0.276. The lowest BCUT2D eigenvalue weighted by atomic mass is 10.1. The van der Waals surface area contributed by atoms with Crippen molar-refractivity contribution in [2.75, 3.05) is 0 Å². The Balaban J connectivity index is 2.00. The maximum absolute atomic E-state index is 8.98. The molecule has 19 heavy (non-hydrogen) atoms. The van der Waals surface area contributed by atoms with Gasteiger partial charge in [-0.05, 0) is 0 Å². The van der Waals surface area contributed by atoms with Gasteiger partial charge in [-0.2, -0.15) is 0 Å². The second kappa shape index (κ2) is 4.95. The third-order valence-electron chi connectivity index (χ3n) is 2.66. The molecular formula is C13H11N5O. The Morgan fingerprint density at radius 1 is 1.11 bits per heavy atom. The van der Waals surface area contributed by atoms with Gasteiger partial charge in [0, 0.05) is 11.6 Å². The topological polar surface area (TPSA) is 76.7 Å². The van der Waals surface area contributed by atoms with Crippen LogP contribution in [0.2, 0.25) is 0 Å². The average Bonchev–Trinajstić information content (AvgIpc) is 2.97. The molecule has 0 aliphatic rings. The van der Waals surface area contributed by atoms with Crippen molar-refractivity contribution in [1.29, 1.82) is 0 Å². The molecule has 6 heteroatoms. The van der Waals surface area contributed by atoms with Crippen molar-refractivity contribution in [1.82, 2.24) is 25.0 Å². The highest BCUT2D eigenvalue weighted by molar-refractivity contribution is 5.59. The highest BCUT2D eigenvalue weighted by atomic mass is 16.3. The zero-order valence-electron chi connectivity index (χ0n) is 10.0. The number of nitrogens with zero attached hydrogens (tertiary/aromatic N) is 5. The first-order valence-electron chi connectivity index (χ1n) is 5.77. The van der Waals surface area contributed by atoms with E-state index in [1.165, 1.54) is 11.0 Å². The van der Waals surface area contributed by atoms with Crippen molar-refractivity contribution in [3.8, 4) is 17.1 Å². The molecule has 0 atom stereocenters. The van der Waals surface area contributed by atoms with Gasteiger partial charge in [-0.3, -0.25) is 0 Å². The summed E-state index contributed by atoms with van der Waals surface area (Å²) in [5.74, 6) is 0.612. The van der Waals surface area contributed by atoms with Crippen molar-refractivity contribution in [2.24, 2.45) is 0 Å². The van der Waals surface area contributed by atoms with Crippen molar-refractivity contribution in [2.45, 2.75) is 6.61 Å². The van der Waals surface area contributed by atoms with Crippen molar-refractivity contribution >= 4 is 0 Å². The number of hydrogen-bond donors (Lipinski definition) is 1. The normalized spacial score (nSPS) is 10.6. The van der Waals surface area contributed by atoms with Crippen molar-refractivity contribution in [3.63, 3.8) is 0 Å². The molecule has 0 amide bonds. The minimum absolute atomic E-state index is 0.142. The molecule has 0 fully saturated rings. The smallest absolute Gasteiger partial charge is 0.159 e. The Hall–Kier alpha value is -2.60. The second-order valence-electron chi connectivity index (χ2n) is 3.94. The van der Waals surface area contributed by atoms with E-state index in [0.29, 0.717) is 11.5 Å². The largest absolute Gasteiger partial charge is 0.390 e. The van der Waals surface area contributed by atoms with Crippen LogP contribution in [-0.2, 0) is 6.61 Å². The predicted octanol–water partition coefficient (Wildman–Crippen LogP) is 1.22. The minimum Gasteiger partial charge on any atom is -0.390 e. The van der Waals surface area contributed by atoms with Gasteiger partial charge in [0.1, 0.15) is 12.0 Å². The average molecular weight is 253 g/mol. The van der Waals surface area contributed by atoms with Crippen LogP contribution in [0.15, 0.2) is 48.9 Å². The van der Waals surface area contributed by atoms with Gasteiger partial charge in [-0.1, -0.05) is 35.5 Å². The van der Waals surface area contributed by atoms with Crippen LogP contribution in [0, 0.1) is 0 Å². The Kier molecular flexibility index (Phi) is 2.99. The van der Waals surface area contributed by atoms with E-state index < -0.39 is 0 Å². The van der Waals surface area contributed by atoms with Crippen LogP contribution in [-0.4, -0.2) is 30.1 Å². The van der Waals surface area contributed by atoms with E-state index in [4.69, 9.17) is 5.11 Å². The highest BCUT2D eigenvalue weighted by Crippen LogP contribution is 2.17. The molecule has 0 saturated heterocycles. The van der Waals surface area contributed by atoms with E-state index in [1.54, 1.807) is 6.20 Å². The Morgan fingerprint density at radius 3 is 2.68 bits per heavy atom. The minimum atomic E-state index is -0.142. The van der Waals surface area contributed by atoms with Crippen molar-refractivity contribution in [3.05, 3.63) is 54.6 Å².